The SMILES string of the molecule is CCCCCOC(CNC(C)(C)C)c1cccc(F)c1. The van der Waals surface area contributed by atoms with Crippen molar-refractivity contribution < 1.29 is 9.13 Å². The molecule has 0 aromatic heterocycles. The Morgan fingerprint density at radius 3 is 2.60 bits per heavy atom. The Morgan fingerprint density at radius 1 is 1.25 bits per heavy atom. The summed E-state index contributed by atoms with van der Waals surface area (Å²) < 4.78 is 19.3. The second-order valence-corrected chi connectivity index (χ2v) is 6.25. The number of benzene rings is 1. The van der Waals surface area contributed by atoms with Crippen molar-refractivity contribution in [1.82, 2.24) is 5.32 Å². The molecule has 114 valence electrons. The molecule has 0 amide bonds. The lowest BCUT2D eigenvalue weighted by Gasteiger charge is -2.26. The Kier molecular flexibility index (Phi) is 7.17. The van der Waals surface area contributed by atoms with Crippen molar-refractivity contribution in [2.75, 3.05) is 13.2 Å². The van der Waals surface area contributed by atoms with E-state index >= 15 is 0 Å². The Labute approximate surface area is 122 Å². The minimum atomic E-state index is -0.208. The van der Waals surface area contributed by atoms with Crippen molar-refractivity contribution in [2.45, 2.75) is 58.6 Å². The van der Waals surface area contributed by atoms with Crippen LogP contribution >= 0.6 is 0 Å². The van der Waals surface area contributed by atoms with Gasteiger partial charge in [-0.3, -0.25) is 0 Å². The molecule has 0 aliphatic carbocycles. The van der Waals surface area contributed by atoms with Crippen LogP contribution in [0.5, 0.6) is 0 Å². The molecule has 0 saturated carbocycles. The monoisotopic (exact) mass is 281 g/mol. The highest BCUT2D eigenvalue weighted by atomic mass is 19.1. The number of hydrogen-bond acceptors (Lipinski definition) is 2. The number of unbranched alkanes of at least 4 members (excludes halogenated alkanes) is 2. The Morgan fingerprint density at radius 2 is 2.00 bits per heavy atom. The van der Waals surface area contributed by atoms with E-state index in [1.165, 1.54) is 18.9 Å². The normalized spacial score (nSPS) is 13.4. The molecule has 20 heavy (non-hydrogen) atoms. The molecule has 0 aliphatic rings. The van der Waals surface area contributed by atoms with Crippen LogP contribution in [-0.4, -0.2) is 18.7 Å². The zero-order chi connectivity index (χ0) is 15.0. The molecule has 1 aromatic rings. The van der Waals surface area contributed by atoms with Crippen LogP contribution in [0, 0.1) is 5.82 Å². The average Bonchev–Trinajstić information content (AvgIpc) is 2.36. The maximum absolute atomic E-state index is 13.4. The van der Waals surface area contributed by atoms with Gasteiger partial charge in [-0.05, 0) is 44.9 Å². The molecule has 0 heterocycles. The summed E-state index contributed by atoms with van der Waals surface area (Å²) in [6.07, 6.45) is 3.30. The molecule has 0 radical (unpaired) electrons. The van der Waals surface area contributed by atoms with Gasteiger partial charge in [-0.1, -0.05) is 31.9 Å². The van der Waals surface area contributed by atoms with Crippen LogP contribution in [0.4, 0.5) is 4.39 Å². The summed E-state index contributed by atoms with van der Waals surface area (Å²) in [6, 6.07) is 6.70. The van der Waals surface area contributed by atoms with E-state index in [2.05, 4.69) is 33.0 Å². The fourth-order valence-corrected chi connectivity index (χ4v) is 1.96. The van der Waals surface area contributed by atoms with E-state index in [1.54, 1.807) is 12.1 Å². The van der Waals surface area contributed by atoms with Gasteiger partial charge in [-0.25, -0.2) is 4.39 Å². The number of hydrogen-bond donors (Lipinski definition) is 1. The highest BCUT2D eigenvalue weighted by molar-refractivity contribution is 5.19. The largest absolute Gasteiger partial charge is 0.372 e. The summed E-state index contributed by atoms with van der Waals surface area (Å²) >= 11 is 0. The first kappa shape index (κ1) is 17.1. The predicted octanol–water partition coefficient (Wildman–Crippen LogP) is 4.46. The first-order valence-corrected chi connectivity index (χ1v) is 7.54. The predicted molar refractivity (Wildman–Crippen MR) is 82.4 cm³/mol. The van der Waals surface area contributed by atoms with Crippen molar-refractivity contribution in [3.05, 3.63) is 35.6 Å². The highest BCUT2D eigenvalue weighted by Crippen LogP contribution is 2.19. The number of rotatable bonds is 8. The molecule has 0 bridgehead atoms. The highest BCUT2D eigenvalue weighted by Gasteiger charge is 2.16. The molecule has 1 N–H and O–H groups in total. The summed E-state index contributed by atoms with van der Waals surface area (Å²) in [6.45, 7) is 9.94. The van der Waals surface area contributed by atoms with Crippen LogP contribution in [0.3, 0.4) is 0 Å². The quantitative estimate of drug-likeness (QED) is 0.710. The van der Waals surface area contributed by atoms with Crippen molar-refractivity contribution in [3.8, 4) is 0 Å². The third-order valence-electron chi connectivity index (χ3n) is 3.11. The van der Waals surface area contributed by atoms with Gasteiger partial charge < -0.3 is 10.1 Å². The van der Waals surface area contributed by atoms with E-state index in [9.17, 15) is 4.39 Å². The van der Waals surface area contributed by atoms with Gasteiger partial charge in [0.15, 0.2) is 0 Å². The fraction of sp³-hybridized carbons (Fsp3) is 0.647. The molecule has 0 aliphatic heterocycles. The third-order valence-corrected chi connectivity index (χ3v) is 3.11. The van der Waals surface area contributed by atoms with E-state index in [-0.39, 0.29) is 17.5 Å². The standard InChI is InChI=1S/C17H28FNO/c1-5-6-7-11-20-16(13-19-17(2,3)4)14-9-8-10-15(18)12-14/h8-10,12,16,19H,5-7,11,13H2,1-4H3. The Bertz CT molecular complexity index is 387. The third kappa shape index (κ3) is 7.01. The van der Waals surface area contributed by atoms with Gasteiger partial charge in [-0.15, -0.1) is 0 Å². The molecule has 0 spiro atoms. The van der Waals surface area contributed by atoms with E-state index in [1.807, 2.05) is 6.07 Å². The van der Waals surface area contributed by atoms with Crippen LogP contribution in [-0.2, 0) is 4.74 Å². The summed E-state index contributed by atoms with van der Waals surface area (Å²) in [7, 11) is 0. The topological polar surface area (TPSA) is 21.3 Å². The second-order valence-electron chi connectivity index (χ2n) is 6.25. The molecule has 2 nitrogen and oxygen atoms in total. The van der Waals surface area contributed by atoms with Crippen LogP contribution in [0.2, 0.25) is 0 Å². The molecule has 0 saturated heterocycles. The maximum Gasteiger partial charge on any atom is 0.123 e. The first-order valence-electron chi connectivity index (χ1n) is 7.54. The van der Waals surface area contributed by atoms with Gasteiger partial charge in [0.25, 0.3) is 0 Å². The molecule has 0 fully saturated rings. The van der Waals surface area contributed by atoms with Crippen LogP contribution in [0.1, 0.15) is 58.6 Å². The molecule has 3 heteroatoms. The van der Waals surface area contributed by atoms with E-state index < -0.39 is 0 Å². The molecule has 1 aromatic carbocycles. The number of halogens is 1. The molecule has 1 unspecified atom stereocenters. The van der Waals surface area contributed by atoms with Gasteiger partial charge in [0.05, 0.1) is 6.10 Å². The Hall–Kier alpha value is -0.930. The van der Waals surface area contributed by atoms with Gasteiger partial charge in [0.2, 0.25) is 0 Å². The molecular formula is C17H28FNO. The van der Waals surface area contributed by atoms with Crippen LogP contribution < -0.4 is 5.32 Å². The lowest BCUT2D eigenvalue weighted by molar-refractivity contribution is 0.0456. The lowest BCUT2D eigenvalue weighted by Crippen LogP contribution is -2.39. The summed E-state index contributed by atoms with van der Waals surface area (Å²) in [5.41, 5.74) is 0.927. The van der Waals surface area contributed by atoms with Gasteiger partial charge in [0, 0.05) is 18.7 Å². The zero-order valence-electron chi connectivity index (χ0n) is 13.2. The lowest BCUT2D eigenvalue weighted by atomic mass is 10.1. The maximum atomic E-state index is 13.4. The number of ether oxygens (including phenoxy) is 1. The van der Waals surface area contributed by atoms with E-state index in [0.717, 1.165) is 18.6 Å². The average molecular weight is 281 g/mol. The summed E-state index contributed by atoms with van der Waals surface area (Å²) in [5.74, 6) is -0.208. The van der Waals surface area contributed by atoms with Crippen LogP contribution in [0.15, 0.2) is 24.3 Å². The smallest absolute Gasteiger partial charge is 0.123 e. The summed E-state index contributed by atoms with van der Waals surface area (Å²) in [5, 5.41) is 3.43. The van der Waals surface area contributed by atoms with E-state index in [4.69, 9.17) is 4.74 Å². The van der Waals surface area contributed by atoms with Crippen LogP contribution in [0.25, 0.3) is 0 Å². The minimum Gasteiger partial charge on any atom is -0.372 e. The number of nitrogens with one attached hydrogen (secondary N) is 1. The van der Waals surface area contributed by atoms with Crippen molar-refractivity contribution >= 4 is 0 Å². The van der Waals surface area contributed by atoms with Gasteiger partial charge >= 0.3 is 0 Å². The van der Waals surface area contributed by atoms with Crippen molar-refractivity contribution in [2.24, 2.45) is 0 Å². The minimum absolute atomic E-state index is 0.0261. The summed E-state index contributed by atoms with van der Waals surface area (Å²) in [4.78, 5) is 0. The fourth-order valence-electron chi connectivity index (χ4n) is 1.96. The molecule has 1 atom stereocenters. The van der Waals surface area contributed by atoms with Crippen molar-refractivity contribution in [3.63, 3.8) is 0 Å². The molecular weight excluding hydrogens is 253 g/mol. The molecule has 1 rings (SSSR count). The second kappa shape index (κ2) is 8.38. The first-order chi connectivity index (χ1) is 9.42. The van der Waals surface area contributed by atoms with Crippen molar-refractivity contribution in [1.29, 1.82) is 0 Å². The van der Waals surface area contributed by atoms with Gasteiger partial charge in [-0.2, -0.15) is 0 Å². The van der Waals surface area contributed by atoms with Gasteiger partial charge in [0.1, 0.15) is 5.82 Å². The van der Waals surface area contributed by atoms with E-state index in [0.29, 0.717) is 6.54 Å². The Balaban J connectivity index is 2.63. The zero-order valence-corrected chi connectivity index (χ0v) is 13.2.